The highest BCUT2D eigenvalue weighted by atomic mass is 19.1. The molecule has 0 aliphatic heterocycles. The van der Waals surface area contributed by atoms with E-state index in [-0.39, 0.29) is 5.82 Å². The molecule has 0 fully saturated rings. The lowest BCUT2D eigenvalue weighted by Gasteiger charge is -2.34. The molecule has 0 radical (unpaired) electrons. The number of hydrogen-bond acceptors (Lipinski definition) is 3. The van der Waals surface area contributed by atoms with Gasteiger partial charge in [-0.3, -0.25) is 0 Å². The molecule has 1 aliphatic carbocycles. The van der Waals surface area contributed by atoms with E-state index in [1.54, 1.807) is 0 Å². The van der Waals surface area contributed by atoms with Gasteiger partial charge in [-0.25, -0.2) is 19.3 Å². The lowest BCUT2D eigenvalue weighted by molar-refractivity contribution is 0.628. The number of halogens is 1. The first-order chi connectivity index (χ1) is 24.7. The minimum atomic E-state index is -0.559. The maximum atomic E-state index is 13.7. The fraction of sp³-hybridized carbons (Fsp3) is 0.0217. The van der Waals surface area contributed by atoms with Gasteiger partial charge in [0.25, 0.3) is 0 Å². The summed E-state index contributed by atoms with van der Waals surface area (Å²) in [7, 11) is 0. The van der Waals surface area contributed by atoms with Gasteiger partial charge >= 0.3 is 0 Å². The van der Waals surface area contributed by atoms with Crippen LogP contribution in [0.1, 0.15) is 22.3 Å². The highest BCUT2D eigenvalue weighted by Gasteiger charge is 2.45. The molecule has 0 atom stereocenters. The number of fused-ring (bicyclic) bond motifs is 3. The molecule has 8 aromatic rings. The van der Waals surface area contributed by atoms with E-state index in [2.05, 4.69) is 97.1 Å². The second-order valence-corrected chi connectivity index (χ2v) is 12.5. The van der Waals surface area contributed by atoms with Gasteiger partial charge in [-0.1, -0.05) is 170 Å². The van der Waals surface area contributed by atoms with Crippen LogP contribution in [-0.2, 0) is 5.41 Å². The van der Waals surface area contributed by atoms with E-state index in [1.807, 2.05) is 72.8 Å². The van der Waals surface area contributed by atoms with Gasteiger partial charge in [0, 0.05) is 16.7 Å². The number of hydrogen-bond donors (Lipinski definition) is 0. The summed E-state index contributed by atoms with van der Waals surface area (Å²) in [5.74, 6) is 1.65. The third-order valence-corrected chi connectivity index (χ3v) is 9.72. The molecule has 0 bridgehead atoms. The molecule has 0 spiro atoms. The van der Waals surface area contributed by atoms with E-state index in [0.717, 1.165) is 38.9 Å². The monoisotopic (exact) mass is 643 g/mol. The molecular formula is C46H30FN3. The molecule has 1 heterocycles. The Hall–Kier alpha value is -6.52. The first-order valence-electron chi connectivity index (χ1n) is 16.7. The van der Waals surface area contributed by atoms with Crippen LogP contribution in [0.25, 0.3) is 56.4 Å². The molecular weight excluding hydrogens is 614 g/mol. The number of nitrogens with zero attached hydrogens (tertiary/aromatic N) is 3. The minimum absolute atomic E-state index is 0.239. The Morgan fingerprint density at radius 1 is 0.320 bits per heavy atom. The van der Waals surface area contributed by atoms with Crippen molar-refractivity contribution in [3.8, 4) is 56.4 Å². The third kappa shape index (κ3) is 4.92. The predicted molar refractivity (Wildman–Crippen MR) is 199 cm³/mol. The van der Waals surface area contributed by atoms with E-state index in [1.165, 1.54) is 34.4 Å². The van der Waals surface area contributed by atoms with Crippen LogP contribution < -0.4 is 0 Å². The first-order valence-corrected chi connectivity index (χ1v) is 16.7. The SMILES string of the molecule is Fc1ccc(-c2ccc(C3(c4ccc(-c5nc(-c6ccccc6)nc(-c6ccccc6)n5)cc4)c4ccccc4-c4ccccc43)cc2)cc1. The third-order valence-electron chi connectivity index (χ3n) is 9.72. The molecule has 50 heavy (non-hydrogen) atoms. The summed E-state index contributed by atoms with van der Waals surface area (Å²) in [6.45, 7) is 0. The lowest BCUT2D eigenvalue weighted by atomic mass is 9.67. The van der Waals surface area contributed by atoms with Gasteiger partial charge < -0.3 is 0 Å². The van der Waals surface area contributed by atoms with Gasteiger partial charge in [-0.2, -0.15) is 0 Å². The van der Waals surface area contributed by atoms with E-state index in [4.69, 9.17) is 15.0 Å². The molecule has 0 saturated heterocycles. The quantitative estimate of drug-likeness (QED) is 0.181. The van der Waals surface area contributed by atoms with Gasteiger partial charge in [0.05, 0.1) is 5.41 Å². The van der Waals surface area contributed by atoms with Crippen LogP contribution in [-0.4, -0.2) is 15.0 Å². The van der Waals surface area contributed by atoms with Crippen LogP contribution >= 0.6 is 0 Å². The average molecular weight is 644 g/mol. The molecule has 1 aromatic heterocycles. The predicted octanol–water partition coefficient (Wildman–Crippen LogP) is 11.0. The Bertz CT molecular complexity index is 2350. The number of benzene rings is 7. The fourth-order valence-electron chi connectivity index (χ4n) is 7.39. The first kappa shape index (κ1) is 29.6. The topological polar surface area (TPSA) is 38.7 Å². The second-order valence-electron chi connectivity index (χ2n) is 12.5. The molecule has 4 heteroatoms. The maximum Gasteiger partial charge on any atom is 0.164 e. The van der Waals surface area contributed by atoms with Gasteiger partial charge in [0.15, 0.2) is 17.5 Å². The summed E-state index contributed by atoms with van der Waals surface area (Å²) in [4.78, 5) is 14.8. The van der Waals surface area contributed by atoms with Gasteiger partial charge in [-0.15, -0.1) is 0 Å². The van der Waals surface area contributed by atoms with Crippen LogP contribution in [0.2, 0.25) is 0 Å². The molecule has 9 rings (SSSR count). The van der Waals surface area contributed by atoms with E-state index in [9.17, 15) is 4.39 Å². The highest BCUT2D eigenvalue weighted by Crippen LogP contribution is 2.56. The Labute approximate surface area is 290 Å². The van der Waals surface area contributed by atoms with Crippen LogP contribution in [0.15, 0.2) is 182 Å². The van der Waals surface area contributed by atoms with Crippen molar-refractivity contribution in [3.63, 3.8) is 0 Å². The second kappa shape index (κ2) is 12.2. The van der Waals surface area contributed by atoms with Crippen molar-refractivity contribution in [1.82, 2.24) is 15.0 Å². The normalized spacial score (nSPS) is 12.7. The van der Waals surface area contributed by atoms with Crippen LogP contribution in [0, 0.1) is 5.82 Å². The molecule has 236 valence electrons. The summed E-state index contributed by atoms with van der Waals surface area (Å²) in [6, 6.07) is 61.6. The minimum Gasteiger partial charge on any atom is -0.208 e. The fourth-order valence-corrected chi connectivity index (χ4v) is 7.39. The summed E-state index contributed by atoms with van der Waals surface area (Å²) >= 11 is 0. The molecule has 7 aromatic carbocycles. The Balaban J connectivity index is 1.21. The highest BCUT2D eigenvalue weighted by molar-refractivity contribution is 5.86. The van der Waals surface area contributed by atoms with Crippen LogP contribution in [0.4, 0.5) is 4.39 Å². The zero-order valence-corrected chi connectivity index (χ0v) is 27.0. The standard InChI is InChI=1S/C46H30FN3/c47-38-29-23-32(24-30-38)31-19-25-36(26-20-31)46(41-17-9-7-15-39(41)40-16-8-10-18-42(40)46)37-27-21-35(22-28-37)45-49-43(33-11-3-1-4-12-33)48-44(50-45)34-13-5-2-6-14-34/h1-30H. The molecule has 0 N–H and O–H groups in total. The largest absolute Gasteiger partial charge is 0.208 e. The van der Waals surface area contributed by atoms with Crippen molar-refractivity contribution < 1.29 is 4.39 Å². The van der Waals surface area contributed by atoms with E-state index in [0.29, 0.717) is 17.5 Å². The van der Waals surface area contributed by atoms with Gasteiger partial charge in [-0.05, 0) is 56.6 Å². The zero-order chi connectivity index (χ0) is 33.5. The van der Waals surface area contributed by atoms with Crippen molar-refractivity contribution in [1.29, 1.82) is 0 Å². The van der Waals surface area contributed by atoms with Crippen molar-refractivity contribution in [2.75, 3.05) is 0 Å². The Kier molecular flexibility index (Phi) is 7.21. The Morgan fingerprint density at radius 2 is 0.660 bits per heavy atom. The summed E-state index contributed by atoms with van der Waals surface area (Å²) in [5.41, 5.74) is 11.5. The molecule has 0 saturated carbocycles. The molecule has 0 unspecified atom stereocenters. The summed E-state index contributed by atoms with van der Waals surface area (Å²) in [6.07, 6.45) is 0. The smallest absolute Gasteiger partial charge is 0.164 e. The van der Waals surface area contributed by atoms with Crippen molar-refractivity contribution in [2.24, 2.45) is 0 Å². The van der Waals surface area contributed by atoms with Gasteiger partial charge in [0.2, 0.25) is 0 Å². The van der Waals surface area contributed by atoms with Crippen LogP contribution in [0.5, 0.6) is 0 Å². The van der Waals surface area contributed by atoms with E-state index >= 15 is 0 Å². The maximum absolute atomic E-state index is 13.7. The van der Waals surface area contributed by atoms with Crippen molar-refractivity contribution in [2.45, 2.75) is 5.41 Å². The summed E-state index contributed by atoms with van der Waals surface area (Å²) < 4.78 is 13.7. The number of aromatic nitrogens is 3. The zero-order valence-electron chi connectivity index (χ0n) is 27.0. The molecule has 1 aliphatic rings. The average Bonchev–Trinajstić information content (AvgIpc) is 3.50. The molecule has 3 nitrogen and oxygen atoms in total. The summed E-state index contributed by atoms with van der Waals surface area (Å²) in [5, 5.41) is 0. The van der Waals surface area contributed by atoms with Crippen LogP contribution in [0.3, 0.4) is 0 Å². The van der Waals surface area contributed by atoms with Crippen molar-refractivity contribution in [3.05, 3.63) is 210 Å². The van der Waals surface area contributed by atoms with Gasteiger partial charge in [0.1, 0.15) is 5.82 Å². The molecule has 0 amide bonds. The Morgan fingerprint density at radius 3 is 1.10 bits per heavy atom. The number of rotatable bonds is 6. The van der Waals surface area contributed by atoms with Crippen molar-refractivity contribution >= 4 is 0 Å². The lowest BCUT2D eigenvalue weighted by Crippen LogP contribution is -2.28. The van der Waals surface area contributed by atoms with E-state index < -0.39 is 5.41 Å².